The Bertz CT molecular complexity index is 919. The van der Waals surface area contributed by atoms with Crippen molar-refractivity contribution in [1.29, 1.82) is 0 Å². The predicted octanol–water partition coefficient (Wildman–Crippen LogP) is 2.91. The van der Waals surface area contributed by atoms with Gasteiger partial charge < -0.3 is 4.90 Å². The average Bonchev–Trinajstić information content (AvgIpc) is 3.42. The van der Waals surface area contributed by atoms with Crippen LogP contribution in [0.4, 0.5) is 4.39 Å². The van der Waals surface area contributed by atoms with Crippen molar-refractivity contribution in [2.45, 2.75) is 32.4 Å². The first-order valence-electron chi connectivity index (χ1n) is 8.52. The lowest BCUT2D eigenvalue weighted by Crippen LogP contribution is -2.33. The summed E-state index contributed by atoms with van der Waals surface area (Å²) < 4.78 is 14.7. The lowest BCUT2D eigenvalue weighted by molar-refractivity contribution is 0.0715. The Hall–Kier alpha value is -3.09. The molecule has 0 bridgehead atoms. The van der Waals surface area contributed by atoms with Crippen LogP contribution < -0.4 is 0 Å². The number of hydrogen-bond donors (Lipinski definition) is 0. The Kier molecular flexibility index (Phi) is 4.20. The lowest BCUT2D eigenvalue weighted by Gasteiger charge is -2.20. The van der Waals surface area contributed by atoms with Gasteiger partial charge in [-0.2, -0.15) is 0 Å². The van der Waals surface area contributed by atoms with Gasteiger partial charge in [-0.25, -0.2) is 14.1 Å². The van der Waals surface area contributed by atoms with Crippen LogP contribution in [-0.2, 0) is 6.54 Å². The number of aryl methyl sites for hydroxylation is 1. The molecule has 0 N–H and O–H groups in total. The molecule has 1 aliphatic carbocycles. The number of hydrogen-bond acceptors (Lipinski definition) is 4. The molecule has 4 rings (SSSR count). The van der Waals surface area contributed by atoms with Gasteiger partial charge in [0.05, 0.1) is 17.9 Å². The Labute approximate surface area is 150 Å². The molecule has 1 amide bonds. The number of carbonyl (C=O) groups excluding carboxylic acids is 1. The van der Waals surface area contributed by atoms with Gasteiger partial charge in [-0.3, -0.25) is 9.78 Å². The van der Waals surface area contributed by atoms with Gasteiger partial charge in [0.2, 0.25) is 5.82 Å². The zero-order chi connectivity index (χ0) is 18.1. The summed E-state index contributed by atoms with van der Waals surface area (Å²) >= 11 is 0. The minimum absolute atomic E-state index is 0.148. The summed E-state index contributed by atoms with van der Waals surface area (Å²) in [5.41, 5.74) is 1.50. The van der Waals surface area contributed by atoms with Crippen LogP contribution in [0.1, 0.15) is 35.0 Å². The fourth-order valence-corrected chi connectivity index (χ4v) is 2.86. The molecular weight excluding hydrogens is 333 g/mol. The van der Waals surface area contributed by atoms with Crippen molar-refractivity contribution < 1.29 is 9.18 Å². The Morgan fingerprint density at radius 1 is 1.23 bits per heavy atom. The van der Waals surface area contributed by atoms with Gasteiger partial charge in [-0.15, -0.1) is 5.10 Å². The number of pyridine rings is 1. The maximum absolute atomic E-state index is 13.1. The summed E-state index contributed by atoms with van der Waals surface area (Å²) in [5, 5.41) is 4.35. The summed E-state index contributed by atoms with van der Waals surface area (Å²) in [5.74, 6) is 0.198. The molecule has 3 aromatic rings. The molecule has 2 heterocycles. The van der Waals surface area contributed by atoms with Crippen molar-refractivity contribution in [2.24, 2.45) is 0 Å². The third-order valence-electron chi connectivity index (χ3n) is 4.34. The van der Waals surface area contributed by atoms with Gasteiger partial charge in [-0.05, 0) is 56.2 Å². The molecule has 0 unspecified atom stereocenters. The second kappa shape index (κ2) is 6.67. The van der Waals surface area contributed by atoms with E-state index in [1.165, 1.54) is 12.1 Å². The van der Waals surface area contributed by atoms with E-state index >= 15 is 0 Å². The van der Waals surface area contributed by atoms with Gasteiger partial charge in [0.1, 0.15) is 11.6 Å². The minimum Gasteiger partial charge on any atom is -0.327 e. The third-order valence-corrected chi connectivity index (χ3v) is 4.34. The summed E-state index contributed by atoms with van der Waals surface area (Å²) in [6.07, 6.45) is 3.68. The van der Waals surface area contributed by atoms with Gasteiger partial charge >= 0.3 is 0 Å². The number of nitrogens with zero attached hydrogens (tertiary/aromatic N) is 5. The smallest absolute Gasteiger partial charge is 0.294 e. The van der Waals surface area contributed by atoms with Crippen LogP contribution in [0.25, 0.3) is 5.69 Å². The van der Waals surface area contributed by atoms with Gasteiger partial charge in [0.25, 0.3) is 5.91 Å². The number of benzene rings is 1. The highest BCUT2D eigenvalue weighted by atomic mass is 19.1. The van der Waals surface area contributed by atoms with Crippen molar-refractivity contribution in [3.05, 3.63) is 71.8 Å². The largest absolute Gasteiger partial charge is 0.327 e. The van der Waals surface area contributed by atoms with Crippen molar-refractivity contribution in [3.8, 4) is 5.69 Å². The maximum atomic E-state index is 13.1. The monoisotopic (exact) mass is 351 g/mol. The summed E-state index contributed by atoms with van der Waals surface area (Å²) in [6.45, 7) is 2.21. The second-order valence-electron chi connectivity index (χ2n) is 6.36. The van der Waals surface area contributed by atoms with E-state index in [4.69, 9.17) is 0 Å². The van der Waals surface area contributed by atoms with E-state index < -0.39 is 0 Å². The number of carbonyl (C=O) groups is 1. The molecule has 1 aliphatic rings. The standard InChI is InChI=1S/C19H18FN5O/c1-13-22-18(23-25(13)17-7-5-14(20)6-8-17)19(26)24(16-9-10-16)12-15-4-2-3-11-21-15/h2-8,11,16H,9-10,12H2,1H3. The van der Waals surface area contributed by atoms with Crippen LogP contribution in [0.2, 0.25) is 0 Å². The fraction of sp³-hybridized carbons (Fsp3) is 0.263. The van der Waals surface area contributed by atoms with E-state index in [9.17, 15) is 9.18 Å². The van der Waals surface area contributed by atoms with E-state index in [-0.39, 0.29) is 23.6 Å². The molecule has 7 heteroatoms. The van der Waals surface area contributed by atoms with Gasteiger partial charge in [0.15, 0.2) is 0 Å². The first kappa shape index (κ1) is 16.4. The Morgan fingerprint density at radius 3 is 2.65 bits per heavy atom. The molecule has 1 aromatic carbocycles. The number of amides is 1. The SMILES string of the molecule is Cc1nc(C(=O)N(Cc2ccccn2)C2CC2)nn1-c1ccc(F)cc1. The molecule has 132 valence electrons. The normalized spacial score (nSPS) is 13.6. The van der Waals surface area contributed by atoms with Crippen LogP contribution in [-0.4, -0.2) is 36.6 Å². The number of aromatic nitrogens is 4. The second-order valence-corrected chi connectivity index (χ2v) is 6.36. The molecule has 0 aliphatic heterocycles. The number of rotatable bonds is 5. The van der Waals surface area contributed by atoms with Crippen molar-refractivity contribution in [3.63, 3.8) is 0 Å². The van der Waals surface area contributed by atoms with E-state index in [1.54, 1.807) is 34.8 Å². The van der Waals surface area contributed by atoms with E-state index in [2.05, 4.69) is 15.1 Å². The van der Waals surface area contributed by atoms with Crippen molar-refractivity contribution in [2.75, 3.05) is 0 Å². The molecule has 26 heavy (non-hydrogen) atoms. The van der Waals surface area contributed by atoms with Crippen LogP contribution in [0.15, 0.2) is 48.7 Å². The highest BCUT2D eigenvalue weighted by Crippen LogP contribution is 2.29. The van der Waals surface area contributed by atoms with Crippen molar-refractivity contribution in [1.82, 2.24) is 24.6 Å². The van der Waals surface area contributed by atoms with Crippen LogP contribution >= 0.6 is 0 Å². The average molecular weight is 351 g/mol. The van der Waals surface area contributed by atoms with E-state index in [0.29, 0.717) is 18.1 Å². The van der Waals surface area contributed by atoms with Crippen LogP contribution in [0.3, 0.4) is 0 Å². The third kappa shape index (κ3) is 3.33. The maximum Gasteiger partial charge on any atom is 0.294 e. The Balaban J connectivity index is 1.60. The topological polar surface area (TPSA) is 63.9 Å². The highest BCUT2D eigenvalue weighted by Gasteiger charge is 2.35. The van der Waals surface area contributed by atoms with Crippen LogP contribution in [0, 0.1) is 12.7 Å². The summed E-state index contributed by atoms with van der Waals surface area (Å²) in [7, 11) is 0. The molecular formula is C19H18FN5O. The Morgan fingerprint density at radius 2 is 2.00 bits per heavy atom. The van der Waals surface area contributed by atoms with Crippen LogP contribution in [0.5, 0.6) is 0 Å². The molecule has 2 aromatic heterocycles. The molecule has 0 spiro atoms. The van der Waals surface area contributed by atoms with Crippen molar-refractivity contribution >= 4 is 5.91 Å². The van der Waals surface area contributed by atoms with Gasteiger partial charge in [0, 0.05) is 12.2 Å². The molecule has 0 atom stereocenters. The molecule has 0 saturated heterocycles. The molecule has 0 radical (unpaired) electrons. The first-order chi connectivity index (χ1) is 12.6. The molecule has 1 saturated carbocycles. The summed E-state index contributed by atoms with van der Waals surface area (Å²) in [6, 6.07) is 11.8. The lowest BCUT2D eigenvalue weighted by atomic mass is 10.3. The zero-order valence-corrected chi connectivity index (χ0v) is 14.3. The highest BCUT2D eigenvalue weighted by molar-refractivity contribution is 5.91. The first-order valence-corrected chi connectivity index (χ1v) is 8.52. The van der Waals surface area contributed by atoms with E-state index in [1.807, 2.05) is 18.2 Å². The molecule has 1 fully saturated rings. The zero-order valence-electron chi connectivity index (χ0n) is 14.3. The number of halogens is 1. The fourth-order valence-electron chi connectivity index (χ4n) is 2.86. The van der Waals surface area contributed by atoms with Gasteiger partial charge in [-0.1, -0.05) is 6.07 Å². The summed E-state index contributed by atoms with van der Waals surface area (Å²) in [4.78, 5) is 23.4. The quantitative estimate of drug-likeness (QED) is 0.709. The predicted molar refractivity (Wildman–Crippen MR) is 93.2 cm³/mol. The van der Waals surface area contributed by atoms with E-state index in [0.717, 1.165) is 18.5 Å². The minimum atomic E-state index is -0.321. The molecule has 6 nitrogen and oxygen atoms in total.